The highest BCUT2D eigenvalue weighted by Gasteiger charge is 2.15. The first kappa shape index (κ1) is 14.6. The molecule has 1 heterocycles. The average Bonchev–Trinajstić information content (AvgIpc) is 2.42. The molecule has 1 aromatic carbocycles. The summed E-state index contributed by atoms with van der Waals surface area (Å²) in [5.41, 5.74) is 11.4. The van der Waals surface area contributed by atoms with E-state index >= 15 is 0 Å². The number of benzene rings is 1. The summed E-state index contributed by atoms with van der Waals surface area (Å²) in [5, 5.41) is 2.15. The van der Waals surface area contributed by atoms with E-state index in [4.69, 9.17) is 5.73 Å². The third-order valence-electron chi connectivity index (χ3n) is 3.49. The highest BCUT2D eigenvalue weighted by molar-refractivity contribution is 5.95. The number of nitrogens with one attached hydrogen (secondary N) is 1. The molecule has 1 fully saturated rings. The number of hydrazine groups is 1. The van der Waals surface area contributed by atoms with E-state index in [-0.39, 0.29) is 5.91 Å². The molecule has 0 atom stereocenters. The van der Waals surface area contributed by atoms with Gasteiger partial charge < -0.3 is 21.0 Å². The van der Waals surface area contributed by atoms with Crippen molar-refractivity contribution in [3.8, 4) is 0 Å². The zero-order valence-corrected chi connectivity index (χ0v) is 12.4. The van der Waals surface area contributed by atoms with E-state index in [9.17, 15) is 4.79 Å². The molecule has 1 aliphatic heterocycles. The number of hydrogen-bond acceptors (Lipinski definition) is 5. The van der Waals surface area contributed by atoms with Gasteiger partial charge in [-0.2, -0.15) is 0 Å². The van der Waals surface area contributed by atoms with Gasteiger partial charge in [0.05, 0.1) is 11.4 Å². The van der Waals surface area contributed by atoms with Crippen LogP contribution in [0.5, 0.6) is 0 Å². The molecule has 6 nitrogen and oxygen atoms in total. The topological polar surface area (TPSA) is 64.8 Å². The number of rotatable bonds is 3. The molecule has 1 aliphatic rings. The maximum absolute atomic E-state index is 11.9. The molecular weight excluding hydrogens is 254 g/mol. The summed E-state index contributed by atoms with van der Waals surface area (Å²) in [6, 6.07) is 5.39. The van der Waals surface area contributed by atoms with Crippen LogP contribution in [0.4, 0.5) is 11.4 Å². The number of amides is 1. The predicted molar refractivity (Wildman–Crippen MR) is 81.6 cm³/mol. The van der Waals surface area contributed by atoms with Gasteiger partial charge in [0.25, 0.3) is 5.91 Å². The Hall–Kier alpha value is -1.79. The normalized spacial score (nSPS) is 16.9. The van der Waals surface area contributed by atoms with Crippen LogP contribution in [0.3, 0.4) is 0 Å². The standard InChI is InChI=1S/C14H23N5O/c1-17(2)14(20)11-4-5-13(12(15)10-11)16-19-8-6-18(3)7-9-19/h4-5,10,16H,6-9,15H2,1-3H3. The molecule has 0 radical (unpaired) electrons. The number of nitrogens with two attached hydrogens (primary N) is 1. The number of carbonyl (C=O) groups excluding carboxylic acids is 1. The molecule has 110 valence electrons. The molecule has 0 saturated carbocycles. The molecule has 20 heavy (non-hydrogen) atoms. The Bertz CT molecular complexity index is 480. The number of hydrogen-bond donors (Lipinski definition) is 2. The van der Waals surface area contributed by atoms with Crippen molar-refractivity contribution in [2.75, 3.05) is 58.5 Å². The third kappa shape index (κ3) is 3.40. The van der Waals surface area contributed by atoms with E-state index in [1.54, 1.807) is 31.1 Å². The first-order chi connectivity index (χ1) is 9.47. The molecule has 3 N–H and O–H groups in total. The Morgan fingerprint density at radius 2 is 1.90 bits per heavy atom. The monoisotopic (exact) mass is 277 g/mol. The molecule has 1 saturated heterocycles. The Kier molecular flexibility index (Phi) is 4.46. The van der Waals surface area contributed by atoms with Crippen LogP contribution in [0, 0.1) is 0 Å². The molecular formula is C14H23N5O. The van der Waals surface area contributed by atoms with Gasteiger partial charge in [0.1, 0.15) is 0 Å². The molecule has 2 rings (SSSR count). The molecule has 0 aliphatic carbocycles. The minimum Gasteiger partial charge on any atom is -0.397 e. The van der Waals surface area contributed by atoms with Crippen molar-refractivity contribution >= 4 is 17.3 Å². The smallest absolute Gasteiger partial charge is 0.253 e. The van der Waals surface area contributed by atoms with Crippen molar-refractivity contribution in [1.82, 2.24) is 14.8 Å². The van der Waals surface area contributed by atoms with Gasteiger partial charge in [-0.25, -0.2) is 5.01 Å². The highest BCUT2D eigenvalue weighted by Crippen LogP contribution is 2.21. The van der Waals surface area contributed by atoms with E-state index in [0.717, 1.165) is 31.9 Å². The van der Waals surface area contributed by atoms with Gasteiger partial charge in [0.2, 0.25) is 0 Å². The Morgan fingerprint density at radius 3 is 2.45 bits per heavy atom. The fraction of sp³-hybridized carbons (Fsp3) is 0.500. The number of likely N-dealkylation sites (N-methyl/N-ethyl adjacent to an activating group) is 1. The summed E-state index contributed by atoms with van der Waals surface area (Å²) in [7, 11) is 5.58. The molecule has 6 heteroatoms. The molecule has 0 spiro atoms. The zero-order chi connectivity index (χ0) is 14.7. The lowest BCUT2D eigenvalue weighted by Crippen LogP contribution is -2.47. The molecule has 0 aromatic heterocycles. The van der Waals surface area contributed by atoms with Crippen molar-refractivity contribution in [2.45, 2.75) is 0 Å². The predicted octanol–water partition coefficient (Wildman–Crippen LogP) is 0.545. The van der Waals surface area contributed by atoms with E-state index in [2.05, 4.69) is 22.4 Å². The summed E-state index contributed by atoms with van der Waals surface area (Å²) in [6.45, 7) is 3.97. The van der Waals surface area contributed by atoms with Crippen LogP contribution in [0.1, 0.15) is 10.4 Å². The van der Waals surface area contributed by atoms with Crippen LogP contribution in [0.15, 0.2) is 18.2 Å². The van der Waals surface area contributed by atoms with Crippen LogP contribution >= 0.6 is 0 Å². The van der Waals surface area contributed by atoms with Crippen LogP contribution in [-0.2, 0) is 0 Å². The molecule has 0 unspecified atom stereocenters. The number of carbonyl (C=O) groups is 1. The quantitative estimate of drug-likeness (QED) is 0.790. The van der Waals surface area contributed by atoms with Crippen molar-refractivity contribution < 1.29 is 4.79 Å². The van der Waals surface area contributed by atoms with Gasteiger partial charge in [-0.1, -0.05) is 0 Å². The van der Waals surface area contributed by atoms with Gasteiger partial charge in [-0.3, -0.25) is 4.79 Å². The van der Waals surface area contributed by atoms with Gasteiger partial charge in [-0.05, 0) is 25.2 Å². The van der Waals surface area contributed by atoms with Crippen LogP contribution in [0.2, 0.25) is 0 Å². The molecule has 1 aromatic rings. The van der Waals surface area contributed by atoms with E-state index in [1.165, 1.54) is 0 Å². The summed E-state index contributed by atoms with van der Waals surface area (Å²) in [4.78, 5) is 15.7. The molecule has 0 bridgehead atoms. The van der Waals surface area contributed by atoms with Crippen molar-refractivity contribution in [3.63, 3.8) is 0 Å². The second-order valence-corrected chi connectivity index (χ2v) is 5.40. The Morgan fingerprint density at radius 1 is 1.25 bits per heavy atom. The Labute approximate surface area is 120 Å². The summed E-state index contributed by atoms with van der Waals surface area (Å²) < 4.78 is 0. The first-order valence-corrected chi connectivity index (χ1v) is 6.78. The first-order valence-electron chi connectivity index (χ1n) is 6.78. The lowest BCUT2D eigenvalue weighted by molar-refractivity contribution is 0.0827. The fourth-order valence-corrected chi connectivity index (χ4v) is 2.14. The van der Waals surface area contributed by atoms with Crippen LogP contribution < -0.4 is 11.2 Å². The van der Waals surface area contributed by atoms with Crippen molar-refractivity contribution in [2.24, 2.45) is 0 Å². The second kappa shape index (κ2) is 6.11. The minimum atomic E-state index is -0.0390. The SMILES string of the molecule is CN1CCN(Nc2ccc(C(=O)N(C)C)cc2N)CC1. The number of nitrogen functional groups attached to an aromatic ring is 1. The second-order valence-electron chi connectivity index (χ2n) is 5.40. The molecule has 1 amide bonds. The summed E-state index contributed by atoms with van der Waals surface area (Å²) in [6.07, 6.45) is 0. The highest BCUT2D eigenvalue weighted by atomic mass is 16.2. The van der Waals surface area contributed by atoms with Gasteiger partial charge >= 0.3 is 0 Å². The number of piperazine rings is 1. The number of anilines is 2. The van der Waals surface area contributed by atoms with E-state index < -0.39 is 0 Å². The van der Waals surface area contributed by atoms with Crippen LogP contribution in [0.25, 0.3) is 0 Å². The fourth-order valence-electron chi connectivity index (χ4n) is 2.14. The van der Waals surface area contributed by atoms with Gasteiger partial charge in [0.15, 0.2) is 0 Å². The lowest BCUT2D eigenvalue weighted by atomic mass is 10.1. The van der Waals surface area contributed by atoms with E-state index in [0.29, 0.717) is 11.3 Å². The Balaban J connectivity index is 2.04. The van der Waals surface area contributed by atoms with Crippen LogP contribution in [-0.4, -0.2) is 68.0 Å². The van der Waals surface area contributed by atoms with Gasteiger partial charge in [-0.15, -0.1) is 0 Å². The summed E-state index contributed by atoms with van der Waals surface area (Å²) in [5.74, 6) is -0.0390. The largest absolute Gasteiger partial charge is 0.397 e. The number of nitrogens with zero attached hydrogens (tertiary/aromatic N) is 3. The third-order valence-corrected chi connectivity index (χ3v) is 3.49. The maximum Gasteiger partial charge on any atom is 0.253 e. The van der Waals surface area contributed by atoms with E-state index in [1.807, 2.05) is 6.07 Å². The van der Waals surface area contributed by atoms with Crippen molar-refractivity contribution in [3.05, 3.63) is 23.8 Å². The lowest BCUT2D eigenvalue weighted by Gasteiger charge is -2.33. The zero-order valence-electron chi connectivity index (χ0n) is 12.4. The average molecular weight is 277 g/mol. The summed E-state index contributed by atoms with van der Waals surface area (Å²) >= 11 is 0. The maximum atomic E-state index is 11.9. The minimum absolute atomic E-state index is 0.0390. The van der Waals surface area contributed by atoms with Crippen molar-refractivity contribution in [1.29, 1.82) is 0 Å². The van der Waals surface area contributed by atoms with Gasteiger partial charge in [0, 0.05) is 45.8 Å².